The number of benzene rings is 1. The van der Waals surface area contributed by atoms with E-state index in [1.54, 1.807) is 20.8 Å². The fourth-order valence-corrected chi connectivity index (χ4v) is 1.69. The zero-order valence-corrected chi connectivity index (χ0v) is 13.1. The van der Waals surface area contributed by atoms with Gasteiger partial charge in [-0.25, -0.2) is 0 Å². The Morgan fingerprint density at radius 1 is 1.13 bits per heavy atom. The van der Waals surface area contributed by atoms with Gasteiger partial charge >= 0.3 is 17.3 Å². The maximum absolute atomic E-state index is 11.5. The maximum atomic E-state index is 11.5. The Bertz CT molecular complexity index is 608. The summed E-state index contributed by atoms with van der Waals surface area (Å²) in [5.41, 5.74) is -1.80. The van der Waals surface area contributed by atoms with Crippen LogP contribution in [0.5, 0.6) is 5.75 Å². The Morgan fingerprint density at radius 3 is 2.26 bits per heavy atom. The molecule has 126 valence electrons. The van der Waals surface area contributed by atoms with Crippen molar-refractivity contribution in [3.63, 3.8) is 0 Å². The van der Waals surface area contributed by atoms with Crippen LogP contribution in [0, 0.1) is 20.2 Å². The molecule has 0 atom stereocenters. The first-order valence-corrected chi connectivity index (χ1v) is 6.87. The van der Waals surface area contributed by atoms with Crippen LogP contribution in [-0.4, -0.2) is 28.0 Å². The van der Waals surface area contributed by atoms with Crippen molar-refractivity contribution >= 4 is 17.3 Å². The lowest BCUT2D eigenvalue weighted by molar-refractivity contribution is -0.422. The smallest absolute Gasteiger partial charge is 0.349 e. The minimum Gasteiger partial charge on any atom is -0.493 e. The summed E-state index contributed by atoms with van der Waals surface area (Å²) < 4.78 is 10.4. The second-order valence-electron chi connectivity index (χ2n) is 5.70. The first kappa shape index (κ1) is 18.3. The number of ether oxygens (including phenoxy) is 2. The van der Waals surface area contributed by atoms with Gasteiger partial charge in [-0.3, -0.25) is 25.0 Å². The van der Waals surface area contributed by atoms with Crippen LogP contribution in [0.2, 0.25) is 0 Å². The van der Waals surface area contributed by atoms with E-state index in [0.717, 1.165) is 12.1 Å². The van der Waals surface area contributed by atoms with E-state index in [0.29, 0.717) is 6.42 Å². The average Bonchev–Trinajstić information content (AvgIpc) is 2.41. The third kappa shape index (κ3) is 6.29. The number of carbonyl (C=O) groups excluding carboxylic acids is 1. The lowest BCUT2D eigenvalue weighted by Crippen LogP contribution is -2.23. The van der Waals surface area contributed by atoms with Crippen molar-refractivity contribution < 1.29 is 24.1 Å². The van der Waals surface area contributed by atoms with Gasteiger partial charge in [-0.1, -0.05) is 0 Å². The zero-order valence-electron chi connectivity index (χ0n) is 13.1. The summed E-state index contributed by atoms with van der Waals surface area (Å²) in [6.45, 7) is 5.42. The van der Waals surface area contributed by atoms with Crippen molar-refractivity contribution in [3.8, 4) is 5.75 Å². The molecule has 1 aromatic rings. The highest BCUT2D eigenvalue weighted by Crippen LogP contribution is 2.30. The highest BCUT2D eigenvalue weighted by atomic mass is 16.6. The molecule has 0 saturated carbocycles. The van der Waals surface area contributed by atoms with Crippen LogP contribution in [0.1, 0.15) is 33.6 Å². The quantitative estimate of drug-likeness (QED) is 0.326. The summed E-state index contributed by atoms with van der Waals surface area (Å²) in [7, 11) is 0. The van der Waals surface area contributed by atoms with Crippen LogP contribution in [0.3, 0.4) is 0 Å². The monoisotopic (exact) mass is 326 g/mol. The molecule has 23 heavy (non-hydrogen) atoms. The molecule has 0 spiro atoms. The Labute approximate surface area is 132 Å². The molecule has 0 saturated heterocycles. The van der Waals surface area contributed by atoms with Crippen LogP contribution in [0.25, 0.3) is 0 Å². The molecule has 0 aliphatic heterocycles. The Hall–Kier alpha value is -2.71. The lowest BCUT2D eigenvalue weighted by Gasteiger charge is -2.19. The molecule has 0 bridgehead atoms. The van der Waals surface area contributed by atoms with Gasteiger partial charge in [0, 0.05) is 12.5 Å². The van der Waals surface area contributed by atoms with E-state index in [9.17, 15) is 25.0 Å². The van der Waals surface area contributed by atoms with Crippen molar-refractivity contribution in [3.05, 3.63) is 38.4 Å². The lowest BCUT2D eigenvalue weighted by atomic mass is 10.2. The minimum atomic E-state index is -0.842. The van der Waals surface area contributed by atoms with Crippen LogP contribution in [0.15, 0.2) is 18.2 Å². The van der Waals surface area contributed by atoms with Crippen molar-refractivity contribution in [1.29, 1.82) is 0 Å². The molecule has 1 aromatic carbocycles. The number of nitrogens with zero attached hydrogens (tertiary/aromatic N) is 2. The predicted molar refractivity (Wildman–Crippen MR) is 80.3 cm³/mol. The molecular weight excluding hydrogens is 308 g/mol. The number of rotatable bonds is 7. The topological polar surface area (TPSA) is 122 Å². The molecule has 0 aliphatic carbocycles. The van der Waals surface area contributed by atoms with Gasteiger partial charge in [-0.05, 0) is 33.3 Å². The van der Waals surface area contributed by atoms with Crippen molar-refractivity contribution in [2.24, 2.45) is 0 Å². The summed E-state index contributed by atoms with van der Waals surface area (Å²) in [5.74, 6) is -0.234. The first-order chi connectivity index (χ1) is 10.6. The highest BCUT2D eigenvalue weighted by Gasteiger charge is 2.24. The zero-order chi connectivity index (χ0) is 17.6. The van der Waals surface area contributed by atoms with Gasteiger partial charge < -0.3 is 9.47 Å². The number of carbonyl (C=O) groups is 1. The summed E-state index contributed by atoms with van der Waals surface area (Å²) in [6, 6.07) is 3.28. The van der Waals surface area contributed by atoms with Crippen molar-refractivity contribution in [1.82, 2.24) is 0 Å². The van der Waals surface area contributed by atoms with E-state index in [2.05, 4.69) is 0 Å². The van der Waals surface area contributed by atoms with Gasteiger partial charge in [0.05, 0.1) is 22.5 Å². The SMILES string of the molecule is CC(C)(C)OC(=O)CCCOc1ccc([N+](=O)[O-])c([N+](=O)[O-])c1. The molecular formula is C14H18N2O7. The Balaban J connectivity index is 2.56. The fourth-order valence-electron chi connectivity index (χ4n) is 1.69. The van der Waals surface area contributed by atoms with Gasteiger partial charge in [0.2, 0.25) is 0 Å². The number of hydrogen-bond donors (Lipinski definition) is 0. The fraction of sp³-hybridized carbons (Fsp3) is 0.500. The summed E-state index contributed by atoms with van der Waals surface area (Å²) in [5, 5.41) is 21.5. The Kier molecular flexibility index (Phi) is 6.00. The van der Waals surface area contributed by atoms with Gasteiger partial charge in [0.25, 0.3) is 0 Å². The normalized spacial score (nSPS) is 10.9. The third-order valence-corrected chi connectivity index (χ3v) is 2.55. The Morgan fingerprint density at radius 2 is 1.74 bits per heavy atom. The average molecular weight is 326 g/mol. The molecule has 0 radical (unpaired) electrons. The predicted octanol–water partition coefficient (Wildman–Crippen LogP) is 3.00. The molecule has 0 aromatic heterocycles. The number of hydrogen-bond acceptors (Lipinski definition) is 7. The van der Waals surface area contributed by atoms with Crippen molar-refractivity contribution in [2.45, 2.75) is 39.2 Å². The van der Waals surface area contributed by atoms with E-state index in [1.165, 1.54) is 6.07 Å². The summed E-state index contributed by atoms with van der Waals surface area (Å²) in [6.07, 6.45) is 0.506. The molecule has 0 amide bonds. The molecule has 9 nitrogen and oxygen atoms in total. The number of esters is 1. The third-order valence-electron chi connectivity index (χ3n) is 2.55. The van der Waals surface area contributed by atoms with Crippen LogP contribution in [0.4, 0.5) is 11.4 Å². The summed E-state index contributed by atoms with van der Waals surface area (Å²) in [4.78, 5) is 31.3. The van der Waals surface area contributed by atoms with Crippen LogP contribution >= 0.6 is 0 Å². The van der Waals surface area contributed by atoms with Crippen molar-refractivity contribution in [2.75, 3.05) is 6.61 Å². The van der Waals surface area contributed by atoms with E-state index in [-0.39, 0.29) is 24.7 Å². The minimum absolute atomic E-state index is 0.131. The van der Waals surface area contributed by atoms with Gasteiger partial charge in [-0.2, -0.15) is 0 Å². The standard InChI is InChI=1S/C14H18N2O7/c1-14(2,3)23-13(17)5-4-8-22-10-6-7-11(15(18)19)12(9-10)16(20)21/h6-7,9H,4-5,8H2,1-3H3. The van der Waals surface area contributed by atoms with Gasteiger partial charge in [0.1, 0.15) is 11.4 Å². The molecule has 0 fully saturated rings. The van der Waals surface area contributed by atoms with Gasteiger partial charge in [0.15, 0.2) is 0 Å². The van der Waals surface area contributed by atoms with E-state index < -0.39 is 26.8 Å². The first-order valence-electron chi connectivity index (χ1n) is 6.87. The second-order valence-corrected chi connectivity index (χ2v) is 5.70. The molecule has 0 N–H and O–H groups in total. The molecule has 0 unspecified atom stereocenters. The second kappa shape index (κ2) is 7.52. The largest absolute Gasteiger partial charge is 0.493 e. The molecule has 0 aliphatic rings. The van der Waals surface area contributed by atoms with Gasteiger partial charge in [-0.15, -0.1) is 0 Å². The van der Waals surface area contributed by atoms with E-state index in [1.807, 2.05) is 0 Å². The molecule has 1 rings (SSSR count). The maximum Gasteiger partial charge on any atom is 0.349 e. The highest BCUT2D eigenvalue weighted by molar-refractivity contribution is 5.69. The van der Waals surface area contributed by atoms with Crippen LogP contribution in [-0.2, 0) is 9.53 Å². The number of nitro groups is 2. The molecule has 0 heterocycles. The van der Waals surface area contributed by atoms with E-state index >= 15 is 0 Å². The molecule has 9 heteroatoms. The summed E-state index contributed by atoms with van der Waals surface area (Å²) >= 11 is 0. The van der Waals surface area contributed by atoms with Crippen LogP contribution < -0.4 is 4.74 Å². The van der Waals surface area contributed by atoms with E-state index in [4.69, 9.17) is 9.47 Å². The number of nitro benzene ring substituents is 2.